The van der Waals surface area contributed by atoms with Crippen molar-refractivity contribution in [2.45, 2.75) is 40.2 Å². The van der Waals surface area contributed by atoms with Crippen molar-refractivity contribution in [1.82, 2.24) is 5.32 Å². The first-order valence-corrected chi connectivity index (χ1v) is 7.21. The average Bonchev–Trinajstić information content (AvgIpc) is 2.23. The zero-order valence-corrected chi connectivity index (χ0v) is 14.1. The molecule has 0 bridgehead atoms. The molecule has 20 heavy (non-hydrogen) atoms. The van der Waals surface area contributed by atoms with Crippen molar-refractivity contribution in [3.05, 3.63) is 33.3 Å². The topological polar surface area (TPSA) is 38.3 Å². The molecule has 0 saturated heterocycles. The lowest BCUT2D eigenvalue weighted by Gasteiger charge is -2.19. The first kappa shape index (κ1) is 16.6. The highest BCUT2D eigenvalue weighted by Crippen LogP contribution is 2.19. The number of hydrogen-bond donors (Lipinski definition) is 1. The Labute approximate surface area is 129 Å². The van der Waals surface area contributed by atoms with Crippen LogP contribution >= 0.6 is 15.9 Å². The normalized spacial score (nSPS) is 10.5. The molecule has 0 heterocycles. The number of hydrogen-bond acceptors (Lipinski definition) is 2. The number of nitrogens with one attached hydrogen (secondary N) is 1. The molecule has 0 unspecified atom stereocenters. The van der Waals surface area contributed by atoms with Crippen molar-refractivity contribution in [2.75, 3.05) is 6.54 Å². The summed E-state index contributed by atoms with van der Waals surface area (Å²) in [4.78, 5) is 11.4. The Morgan fingerprint density at radius 2 is 1.85 bits per heavy atom. The standard InChI is InChI=1S/C16H20BrNO2/c1-11-9-13(17)10-12(2)14(11)7-6-8-18-15(19)20-16(3,4)5/h9-10H,8H2,1-5H3,(H,18,19). The molecule has 1 aromatic carbocycles. The molecule has 0 saturated carbocycles. The van der Waals surface area contributed by atoms with Gasteiger partial charge in [0.1, 0.15) is 5.60 Å². The van der Waals surface area contributed by atoms with Gasteiger partial charge in [0, 0.05) is 10.0 Å². The van der Waals surface area contributed by atoms with Gasteiger partial charge < -0.3 is 10.1 Å². The first-order chi connectivity index (χ1) is 9.19. The number of amides is 1. The Bertz CT molecular complexity index is 539. The van der Waals surface area contributed by atoms with Crippen LogP contribution in [0, 0.1) is 25.7 Å². The second-order valence-electron chi connectivity index (χ2n) is 5.57. The van der Waals surface area contributed by atoms with E-state index >= 15 is 0 Å². The molecule has 0 fully saturated rings. The van der Waals surface area contributed by atoms with Crippen LogP contribution in [-0.2, 0) is 4.74 Å². The summed E-state index contributed by atoms with van der Waals surface area (Å²) in [7, 11) is 0. The molecular formula is C16H20BrNO2. The van der Waals surface area contributed by atoms with E-state index in [0.29, 0.717) is 0 Å². The molecule has 4 heteroatoms. The fourth-order valence-corrected chi connectivity index (χ4v) is 2.36. The van der Waals surface area contributed by atoms with E-state index in [1.807, 2.05) is 46.8 Å². The lowest BCUT2D eigenvalue weighted by Crippen LogP contribution is -2.32. The molecular weight excluding hydrogens is 318 g/mol. The number of carbonyl (C=O) groups is 1. The van der Waals surface area contributed by atoms with Gasteiger partial charge in [-0.1, -0.05) is 27.8 Å². The summed E-state index contributed by atoms with van der Waals surface area (Å²) in [6, 6.07) is 4.05. The third-order valence-electron chi connectivity index (χ3n) is 2.43. The predicted molar refractivity (Wildman–Crippen MR) is 84.7 cm³/mol. The van der Waals surface area contributed by atoms with E-state index in [1.54, 1.807) is 0 Å². The molecule has 0 spiro atoms. The van der Waals surface area contributed by atoms with Crippen molar-refractivity contribution >= 4 is 22.0 Å². The van der Waals surface area contributed by atoms with Crippen LogP contribution < -0.4 is 5.32 Å². The number of ether oxygens (including phenoxy) is 1. The van der Waals surface area contributed by atoms with Crippen LogP contribution in [0.4, 0.5) is 4.79 Å². The number of benzene rings is 1. The summed E-state index contributed by atoms with van der Waals surface area (Å²) in [5.74, 6) is 6.03. The van der Waals surface area contributed by atoms with Gasteiger partial charge in [0.15, 0.2) is 0 Å². The monoisotopic (exact) mass is 337 g/mol. The van der Waals surface area contributed by atoms with Gasteiger partial charge in [-0.3, -0.25) is 0 Å². The molecule has 1 amide bonds. The van der Waals surface area contributed by atoms with Gasteiger partial charge in [-0.2, -0.15) is 0 Å². The second kappa shape index (κ2) is 6.81. The molecule has 0 aromatic heterocycles. The van der Waals surface area contributed by atoms with Gasteiger partial charge in [-0.05, 0) is 57.9 Å². The van der Waals surface area contributed by atoms with Gasteiger partial charge in [-0.25, -0.2) is 4.79 Å². The van der Waals surface area contributed by atoms with Crippen LogP contribution in [0.3, 0.4) is 0 Å². The van der Waals surface area contributed by atoms with Crippen LogP contribution in [-0.4, -0.2) is 18.2 Å². The van der Waals surface area contributed by atoms with E-state index in [2.05, 4.69) is 33.1 Å². The number of halogens is 1. The Balaban J connectivity index is 2.62. The van der Waals surface area contributed by atoms with Crippen molar-refractivity contribution in [2.24, 2.45) is 0 Å². The van der Waals surface area contributed by atoms with Gasteiger partial charge in [0.2, 0.25) is 0 Å². The Morgan fingerprint density at radius 1 is 1.30 bits per heavy atom. The van der Waals surface area contributed by atoms with Crippen molar-refractivity contribution in [3.63, 3.8) is 0 Å². The molecule has 0 aliphatic carbocycles. The fourth-order valence-electron chi connectivity index (χ4n) is 1.67. The van der Waals surface area contributed by atoms with E-state index in [4.69, 9.17) is 4.74 Å². The quantitative estimate of drug-likeness (QED) is 0.788. The molecule has 0 aliphatic heterocycles. The summed E-state index contributed by atoms with van der Waals surface area (Å²) in [5, 5.41) is 2.62. The second-order valence-corrected chi connectivity index (χ2v) is 6.49. The fraction of sp³-hybridized carbons (Fsp3) is 0.438. The van der Waals surface area contributed by atoms with Crippen molar-refractivity contribution in [3.8, 4) is 11.8 Å². The average molecular weight is 338 g/mol. The minimum atomic E-state index is -0.490. The molecule has 1 N–H and O–H groups in total. The maximum atomic E-state index is 11.4. The molecule has 0 radical (unpaired) electrons. The summed E-state index contributed by atoms with van der Waals surface area (Å²) >= 11 is 3.45. The first-order valence-electron chi connectivity index (χ1n) is 6.41. The summed E-state index contributed by atoms with van der Waals surface area (Å²) in [5.41, 5.74) is 2.73. The number of alkyl carbamates (subject to hydrolysis) is 1. The van der Waals surface area contributed by atoms with Gasteiger partial charge in [0.25, 0.3) is 0 Å². The van der Waals surface area contributed by atoms with Crippen LogP contribution in [0.5, 0.6) is 0 Å². The van der Waals surface area contributed by atoms with E-state index < -0.39 is 11.7 Å². The number of aryl methyl sites for hydroxylation is 2. The van der Waals surface area contributed by atoms with Gasteiger partial charge in [-0.15, -0.1) is 0 Å². The Hall–Kier alpha value is -1.47. The maximum absolute atomic E-state index is 11.4. The largest absolute Gasteiger partial charge is 0.444 e. The molecule has 1 rings (SSSR count). The van der Waals surface area contributed by atoms with Gasteiger partial charge in [0.05, 0.1) is 6.54 Å². The van der Waals surface area contributed by atoms with Crippen molar-refractivity contribution < 1.29 is 9.53 Å². The molecule has 1 aromatic rings. The lowest BCUT2D eigenvalue weighted by atomic mass is 10.0. The number of rotatable bonds is 1. The zero-order valence-electron chi connectivity index (χ0n) is 12.6. The highest BCUT2D eigenvalue weighted by Gasteiger charge is 2.15. The van der Waals surface area contributed by atoms with E-state index in [9.17, 15) is 4.79 Å². The Kier molecular flexibility index (Phi) is 5.64. The van der Waals surface area contributed by atoms with E-state index in [0.717, 1.165) is 21.2 Å². The van der Waals surface area contributed by atoms with Gasteiger partial charge >= 0.3 is 6.09 Å². The molecule has 0 aliphatic rings. The maximum Gasteiger partial charge on any atom is 0.408 e. The van der Waals surface area contributed by atoms with E-state index in [-0.39, 0.29) is 6.54 Å². The highest BCUT2D eigenvalue weighted by molar-refractivity contribution is 9.10. The molecule has 0 atom stereocenters. The van der Waals surface area contributed by atoms with Crippen molar-refractivity contribution in [1.29, 1.82) is 0 Å². The minimum Gasteiger partial charge on any atom is -0.444 e. The highest BCUT2D eigenvalue weighted by atomic mass is 79.9. The SMILES string of the molecule is Cc1cc(Br)cc(C)c1C#CCNC(=O)OC(C)(C)C. The molecule has 108 valence electrons. The van der Waals surface area contributed by atoms with E-state index in [1.165, 1.54) is 0 Å². The van der Waals surface area contributed by atoms with Crippen LogP contribution in [0.25, 0.3) is 0 Å². The number of carbonyl (C=O) groups excluding carboxylic acids is 1. The predicted octanol–water partition coefficient (Wildman–Crippen LogP) is 3.94. The lowest BCUT2D eigenvalue weighted by molar-refractivity contribution is 0.0535. The summed E-state index contributed by atoms with van der Waals surface area (Å²) < 4.78 is 6.18. The summed E-state index contributed by atoms with van der Waals surface area (Å²) in [6.07, 6.45) is -0.448. The molecule has 3 nitrogen and oxygen atoms in total. The van der Waals surface area contributed by atoms with Crippen LogP contribution in [0.1, 0.15) is 37.5 Å². The third kappa shape index (κ3) is 5.66. The summed E-state index contributed by atoms with van der Waals surface area (Å²) in [6.45, 7) is 9.78. The zero-order chi connectivity index (χ0) is 15.3. The third-order valence-corrected chi connectivity index (χ3v) is 2.89. The smallest absolute Gasteiger partial charge is 0.408 e. The van der Waals surface area contributed by atoms with Crippen LogP contribution in [0.15, 0.2) is 16.6 Å². The Morgan fingerprint density at radius 3 is 2.35 bits per heavy atom. The van der Waals surface area contributed by atoms with Crippen LogP contribution in [0.2, 0.25) is 0 Å². The minimum absolute atomic E-state index is 0.268.